The largest absolute Gasteiger partial charge is 0.448 e. The maximum Gasteiger partial charge on any atom is 0.448 e. The molecule has 0 amide bonds. The smallest absolute Gasteiger partial charge is 0.283 e. The molecule has 0 atom stereocenters. The third-order valence-electron chi connectivity index (χ3n) is 2.77. The summed E-state index contributed by atoms with van der Waals surface area (Å²) in [5.74, 6) is 1.10. The molecular formula is C12H23N4+. The molecule has 0 aliphatic carbocycles. The maximum absolute atomic E-state index is 5.39. The van der Waals surface area contributed by atoms with Crippen molar-refractivity contribution in [1.29, 1.82) is 0 Å². The molecule has 0 aromatic heterocycles. The van der Waals surface area contributed by atoms with Crippen molar-refractivity contribution in [2.45, 2.75) is 64.7 Å². The number of guanidine groups is 1. The molecule has 4 heteroatoms. The topological polar surface area (TPSA) is 62.7 Å². The van der Waals surface area contributed by atoms with E-state index >= 15 is 0 Å². The fourth-order valence-corrected chi connectivity index (χ4v) is 1.81. The number of rotatable bonds is 9. The fraction of sp³-hybridized carbons (Fsp3) is 0.833. The Balaban J connectivity index is 1.87. The van der Waals surface area contributed by atoms with Crippen LogP contribution in [0, 0.1) is 0 Å². The van der Waals surface area contributed by atoms with Crippen LogP contribution in [0.5, 0.6) is 0 Å². The van der Waals surface area contributed by atoms with Gasteiger partial charge in [0.05, 0.1) is 5.11 Å². The van der Waals surface area contributed by atoms with Gasteiger partial charge in [-0.05, 0) is 16.5 Å². The molecule has 16 heavy (non-hydrogen) atoms. The second-order valence-corrected chi connectivity index (χ2v) is 4.31. The van der Waals surface area contributed by atoms with Gasteiger partial charge in [0.15, 0.2) is 0 Å². The lowest BCUT2D eigenvalue weighted by Crippen LogP contribution is -2.36. The highest BCUT2D eigenvalue weighted by molar-refractivity contribution is 5.98. The van der Waals surface area contributed by atoms with Crippen LogP contribution in [0.25, 0.3) is 0 Å². The third kappa shape index (κ3) is 5.73. The Bertz CT molecular complexity index is 268. The van der Waals surface area contributed by atoms with Gasteiger partial charge in [-0.25, -0.2) is 0 Å². The van der Waals surface area contributed by atoms with Crippen molar-refractivity contribution in [2.75, 3.05) is 0 Å². The first-order valence-corrected chi connectivity index (χ1v) is 6.44. The van der Waals surface area contributed by atoms with Crippen LogP contribution in [0.2, 0.25) is 0 Å². The second-order valence-electron chi connectivity index (χ2n) is 4.31. The van der Waals surface area contributed by atoms with Gasteiger partial charge >= 0.3 is 5.96 Å². The number of amidine groups is 1. The van der Waals surface area contributed by atoms with Gasteiger partial charge in [-0.1, -0.05) is 51.9 Å². The monoisotopic (exact) mass is 223 g/mol. The first-order chi connectivity index (χ1) is 7.83. The van der Waals surface area contributed by atoms with Crippen molar-refractivity contribution in [2.24, 2.45) is 15.2 Å². The predicted octanol–water partition coefficient (Wildman–Crippen LogP) is 2.50. The minimum Gasteiger partial charge on any atom is -0.283 e. The molecule has 2 N–H and O–H groups in total. The Morgan fingerprint density at radius 1 is 0.875 bits per heavy atom. The van der Waals surface area contributed by atoms with Crippen molar-refractivity contribution < 1.29 is 5.41 Å². The molecule has 1 rings (SSSR count). The zero-order valence-electron chi connectivity index (χ0n) is 10.3. The van der Waals surface area contributed by atoms with Gasteiger partial charge in [0.2, 0.25) is 5.84 Å². The van der Waals surface area contributed by atoms with Gasteiger partial charge in [0.25, 0.3) is 0 Å². The minimum atomic E-state index is 0.301. The molecule has 0 bridgehead atoms. The van der Waals surface area contributed by atoms with Crippen LogP contribution in [-0.2, 0) is 0 Å². The number of nitrogens with zero attached hydrogens (tertiary/aromatic N) is 3. The minimum absolute atomic E-state index is 0.301. The van der Waals surface area contributed by atoms with E-state index in [1.165, 1.54) is 44.9 Å². The molecule has 0 saturated heterocycles. The van der Waals surface area contributed by atoms with Crippen molar-refractivity contribution in [1.82, 2.24) is 0 Å². The lowest BCUT2D eigenvalue weighted by atomic mass is 10.1. The number of aliphatic imine (C=N–C) groups is 1. The number of azo groups is 1. The second kappa shape index (κ2) is 8.13. The highest BCUT2D eigenvalue weighted by atomic mass is 15.3. The van der Waals surface area contributed by atoms with Crippen LogP contribution in [0.3, 0.4) is 0 Å². The molecule has 0 spiro atoms. The molecule has 0 unspecified atom stereocenters. The summed E-state index contributed by atoms with van der Waals surface area (Å²) < 4.78 is 0. The number of hydrogen-bond donors (Lipinski definition) is 1. The van der Waals surface area contributed by atoms with Crippen LogP contribution < -0.4 is 5.41 Å². The molecule has 0 fully saturated rings. The van der Waals surface area contributed by atoms with Crippen LogP contribution in [0.1, 0.15) is 64.7 Å². The molecule has 1 aliphatic rings. The first kappa shape index (κ1) is 13.0. The summed E-state index contributed by atoms with van der Waals surface area (Å²) in [4.78, 5) is 4.02. The van der Waals surface area contributed by atoms with E-state index in [1.807, 2.05) is 0 Å². The molecule has 0 aromatic carbocycles. The molecule has 4 nitrogen and oxygen atoms in total. The lowest BCUT2D eigenvalue weighted by Gasteiger charge is -1.99. The molecule has 1 aliphatic heterocycles. The average Bonchev–Trinajstić information content (AvgIpc) is 2.68. The van der Waals surface area contributed by atoms with Gasteiger partial charge in [-0.15, -0.1) is 0 Å². The van der Waals surface area contributed by atoms with Crippen molar-refractivity contribution in [3.8, 4) is 0 Å². The number of hydrogen-bond acceptors (Lipinski definition) is 1. The number of unbranched alkanes of at least 4 members (excludes halogenated alkanes) is 7. The Hall–Kier alpha value is -1.06. The average molecular weight is 223 g/mol. The van der Waals surface area contributed by atoms with Crippen LogP contribution in [0.15, 0.2) is 15.2 Å². The zero-order chi connectivity index (χ0) is 11.6. The summed E-state index contributed by atoms with van der Waals surface area (Å²) in [7, 11) is 0. The summed E-state index contributed by atoms with van der Waals surface area (Å²) in [5, 5.41) is 13.0. The molecular weight excluding hydrogens is 200 g/mol. The Kier molecular flexibility index (Phi) is 6.61. The van der Waals surface area contributed by atoms with E-state index in [2.05, 4.69) is 22.1 Å². The highest BCUT2D eigenvalue weighted by Gasteiger charge is 2.15. The van der Waals surface area contributed by atoms with Gasteiger partial charge in [-0.2, -0.15) is 0 Å². The highest BCUT2D eigenvalue weighted by Crippen LogP contribution is 2.11. The van der Waals surface area contributed by atoms with E-state index in [1.54, 1.807) is 0 Å². The van der Waals surface area contributed by atoms with E-state index < -0.39 is 0 Å². The van der Waals surface area contributed by atoms with E-state index in [-0.39, 0.29) is 0 Å². The molecule has 0 radical (unpaired) electrons. The van der Waals surface area contributed by atoms with Crippen molar-refractivity contribution in [3.63, 3.8) is 0 Å². The zero-order valence-corrected chi connectivity index (χ0v) is 10.3. The Morgan fingerprint density at radius 2 is 1.50 bits per heavy atom. The van der Waals surface area contributed by atoms with Gasteiger partial charge in [-0.3, -0.25) is 5.41 Å². The number of nitrogens with two attached hydrogens (primary N) is 1. The summed E-state index contributed by atoms with van der Waals surface area (Å²) in [6, 6.07) is 0. The van der Waals surface area contributed by atoms with E-state index in [9.17, 15) is 0 Å². The van der Waals surface area contributed by atoms with Gasteiger partial charge in [0.1, 0.15) is 0 Å². The summed E-state index contributed by atoms with van der Waals surface area (Å²) in [6.45, 7) is 2.25. The summed E-state index contributed by atoms with van der Waals surface area (Å²) in [6.07, 6.45) is 11.5. The fourth-order valence-electron chi connectivity index (χ4n) is 1.81. The van der Waals surface area contributed by atoms with Crippen LogP contribution >= 0.6 is 0 Å². The van der Waals surface area contributed by atoms with Gasteiger partial charge in [0, 0.05) is 6.42 Å². The molecule has 0 aromatic rings. The molecule has 1 heterocycles. The van der Waals surface area contributed by atoms with Gasteiger partial charge < -0.3 is 0 Å². The summed E-state index contributed by atoms with van der Waals surface area (Å²) >= 11 is 0. The standard InChI is InChI=1S/C12H22N4/c1-2-3-4-5-6-7-8-9-10-11-14-12(13)16-15-11/h13H,2-10H2,1H3/p+1. The Labute approximate surface area is 97.8 Å². The van der Waals surface area contributed by atoms with Crippen LogP contribution in [0.4, 0.5) is 0 Å². The van der Waals surface area contributed by atoms with Crippen molar-refractivity contribution in [3.05, 3.63) is 0 Å². The van der Waals surface area contributed by atoms with Crippen molar-refractivity contribution >= 4 is 11.8 Å². The Morgan fingerprint density at radius 3 is 2.06 bits per heavy atom. The van der Waals surface area contributed by atoms with E-state index in [0.717, 1.165) is 18.7 Å². The lowest BCUT2D eigenvalue weighted by molar-refractivity contribution is -0.116. The normalized spacial score (nSPS) is 14.6. The predicted molar refractivity (Wildman–Crippen MR) is 66.5 cm³/mol. The maximum atomic E-state index is 5.39. The third-order valence-corrected chi connectivity index (χ3v) is 2.77. The quantitative estimate of drug-likeness (QED) is 0.584. The van der Waals surface area contributed by atoms with Crippen LogP contribution in [-0.4, -0.2) is 11.8 Å². The summed E-state index contributed by atoms with van der Waals surface area (Å²) in [5.41, 5.74) is 0. The van der Waals surface area contributed by atoms with E-state index in [0.29, 0.717) is 5.96 Å². The first-order valence-electron chi connectivity index (χ1n) is 6.44. The van der Waals surface area contributed by atoms with E-state index in [4.69, 9.17) is 5.41 Å². The SMILES string of the molecule is CCCCCCCCCCC1=NC(=[NH2+])N=N1. The molecule has 0 saturated carbocycles. The molecule has 90 valence electrons.